The van der Waals surface area contributed by atoms with Gasteiger partial charge in [0.1, 0.15) is 0 Å². The number of hydrogen-bond acceptors (Lipinski definition) is 1. The van der Waals surface area contributed by atoms with Crippen molar-refractivity contribution in [2.24, 2.45) is 0 Å². The third kappa shape index (κ3) is 8.03. The second-order valence-corrected chi connectivity index (χ2v) is 1.29. The number of hydrogen-bond donors (Lipinski definition) is 0. The molecule has 0 aromatic carbocycles. The van der Waals surface area contributed by atoms with Gasteiger partial charge in [0.05, 0.1) is 0 Å². The molecule has 0 amide bonds. The van der Waals surface area contributed by atoms with Crippen LogP contribution < -0.4 is 0 Å². The molecule has 0 rings (SSSR count). The third-order valence-electron chi connectivity index (χ3n) is 0.634. The van der Waals surface area contributed by atoms with Gasteiger partial charge in [-0.05, 0) is 0 Å². The van der Waals surface area contributed by atoms with E-state index in [-0.39, 0.29) is 0 Å². The Balaban J connectivity index is 3.58. The first-order valence-electron chi connectivity index (χ1n) is 2.57. The Morgan fingerprint density at radius 2 is 1.78 bits per heavy atom. The summed E-state index contributed by atoms with van der Waals surface area (Å²) in [5.74, 6) is 1.62. The molecule has 0 aliphatic heterocycles. The molecule has 8 heteroatoms. The standard InChI is InChI=1S/CHB7O/c2-4-6-8-7-5-3-1-9/h2H. The Morgan fingerprint density at radius 1 is 1.11 bits per heavy atom. The summed E-state index contributed by atoms with van der Waals surface area (Å²) in [5, 5.41) is 0. The van der Waals surface area contributed by atoms with E-state index in [4.69, 9.17) is 0 Å². The van der Waals surface area contributed by atoms with Crippen molar-refractivity contribution in [2.75, 3.05) is 0 Å². The topological polar surface area (TPSA) is 17.1 Å². The van der Waals surface area contributed by atoms with Crippen molar-refractivity contribution in [2.45, 2.75) is 0 Å². The zero-order valence-electron chi connectivity index (χ0n) is 5.08. The van der Waals surface area contributed by atoms with E-state index in [0.29, 0.717) is 0 Å². The van der Waals surface area contributed by atoms with E-state index >= 15 is 0 Å². The Labute approximate surface area is 58.9 Å². The van der Waals surface area contributed by atoms with Gasteiger partial charge < -0.3 is 0 Å². The van der Waals surface area contributed by atoms with Crippen LogP contribution in [0.15, 0.2) is 0 Å². The Hall–Kier alpha value is 0.0345. The van der Waals surface area contributed by atoms with Crippen molar-refractivity contribution in [3.8, 4) is 0 Å². The van der Waals surface area contributed by atoms with Gasteiger partial charge in [-0.3, -0.25) is 0 Å². The normalized spacial score (nSPS) is 5.22. The summed E-state index contributed by atoms with van der Waals surface area (Å²) in [5.41, 5.74) is 0. The maximum absolute atomic E-state index is 9.56. The van der Waals surface area contributed by atoms with Crippen LogP contribution in [0.1, 0.15) is 0 Å². The van der Waals surface area contributed by atoms with Gasteiger partial charge in [-0.25, -0.2) is 0 Å². The van der Waals surface area contributed by atoms with Gasteiger partial charge in [-0.15, -0.1) is 0 Å². The summed E-state index contributed by atoms with van der Waals surface area (Å²) < 4.78 is 0. The fourth-order valence-corrected chi connectivity index (χ4v) is 0.302. The molecule has 0 saturated heterocycles. The van der Waals surface area contributed by atoms with Gasteiger partial charge in [0, 0.05) is 0 Å². The first-order chi connectivity index (χ1) is 4.41. The Kier molecular flexibility index (Phi) is 8.07. The van der Waals surface area contributed by atoms with Crippen LogP contribution in [0, 0.1) is 0 Å². The molecule has 0 aliphatic rings. The van der Waals surface area contributed by atoms with Crippen molar-refractivity contribution in [3.63, 3.8) is 0 Å². The van der Waals surface area contributed by atoms with Gasteiger partial charge in [0.25, 0.3) is 0 Å². The predicted octanol–water partition coefficient (Wildman–Crippen LogP) is -3.33. The van der Waals surface area contributed by atoms with Crippen LogP contribution in [0.2, 0.25) is 0 Å². The van der Waals surface area contributed by atoms with Gasteiger partial charge in [0.2, 0.25) is 0 Å². The Morgan fingerprint density at radius 3 is 2.33 bits per heavy atom. The molecule has 1 nitrogen and oxygen atoms in total. The van der Waals surface area contributed by atoms with Crippen LogP contribution in [0.3, 0.4) is 0 Å². The zero-order chi connectivity index (χ0) is 6.95. The molecule has 0 N–H and O–H groups in total. The number of carbonyl (C=O) groups excluding carboxylic acids is 1. The van der Waals surface area contributed by atoms with Crippen LogP contribution in [0.4, 0.5) is 0 Å². The molecular weight excluding hydrogens is 104 g/mol. The third-order valence-corrected chi connectivity index (χ3v) is 0.634. The van der Waals surface area contributed by atoms with E-state index in [1.165, 1.54) is 6.81 Å². The van der Waals surface area contributed by atoms with Crippen molar-refractivity contribution in [1.29, 1.82) is 0 Å². The fraction of sp³-hybridized carbons (Fsp3) is 0. The van der Waals surface area contributed by atoms with E-state index in [1.54, 1.807) is 39.3 Å². The quantitative estimate of drug-likeness (QED) is 0.343. The summed E-state index contributed by atoms with van der Waals surface area (Å²) in [4.78, 5) is 9.56. The average Bonchev–Trinajstić information content (AvgIpc) is 1.89. The molecule has 0 bridgehead atoms. The molecule has 0 fully saturated rings. The molecule has 0 radical (unpaired) electrons. The molecule has 0 atom stereocenters. The molecule has 0 spiro atoms. The number of rotatable bonds is 3. The van der Waals surface area contributed by atoms with Crippen LogP contribution in [0.25, 0.3) is 0 Å². The van der Waals surface area contributed by atoms with Crippen LogP contribution in [-0.2, 0) is 4.79 Å². The zero-order valence-corrected chi connectivity index (χ0v) is 5.08. The summed E-state index contributed by atoms with van der Waals surface area (Å²) in [6.07, 6.45) is 0. The first-order valence-corrected chi connectivity index (χ1v) is 2.57. The van der Waals surface area contributed by atoms with E-state index in [1.807, 2.05) is 0 Å². The van der Waals surface area contributed by atoms with E-state index < -0.39 is 0 Å². The molecular formula is CHB7O. The Bertz CT molecular complexity index is 173. The minimum absolute atomic E-state index is 1.30. The predicted molar refractivity (Wildman–Crippen MR) is 47.4 cm³/mol. The molecule has 0 saturated carbocycles. The summed E-state index contributed by atoms with van der Waals surface area (Å²) >= 11 is 0. The first kappa shape index (κ1) is 9.03. The molecule has 32 valence electrons. The minimum atomic E-state index is 1.30. The molecule has 0 unspecified atom stereocenters. The summed E-state index contributed by atoms with van der Waals surface area (Å²) in [7, 11) is 3.47. The summed E-state index contributed by atoms with van der Waals surface area (Å²) in [6.45, 7) is 9.85. The molecule has 0 heterocycles. The van der Waals surface area contributed by atoms with Gasteiger partial charge >= 0.3 is 58.3 Å². The van der Waals surface area contributed by atoms with Crippen LogP contribution >= 0.6 is 0 Å². The average molecular weight is 105 g/mol. The van der Waals surface area contributed by atoms with Crippen molar-refractivity contribution in [1.82, 2.24) is 0 Å². The van der Waals surface area contributed by atoms with E-state index in [0.717, 1.165) is 0 Å². The molecule has 0 aliphatic carbocycles. The van der Waals surface area contributed by atoms with Crippen LogP contribution in [0.5, 0.6) is 0 Å². The van der Waals surface area contributed by atoms with Crippen LogP contribution in [-0.4, -0.2) is 53.5 Å². The van der Waals surface area contributed by atoms with Crippen molar-refractivity contribution in [3.05, 3.63) is 0 Å². The van der Waals surface area contributed by atoms with E-state index in [9.17, 15) is 4.79 Å². The molecule has 0 aromatic rings. The molecule has 9 heavy (non-hydrogen) atoms. The van der Waals surface area contributed by atoms with Gasteiger partial charge in [-0.2, -0.15) is 0 Å². The van der Waals surface area contributed by atoms with Gasteiger partial charge in [-0.1, -0.05) is 0 Å². The SMILES string of the molecule is B=B/B=B\B=B/B=C=O. The summed E-state index contributed by atoms with van der Waals surface area (Å²) in [6, 6.07) is 0. The van der Waals surface area contributed by atoms with Gasteiger partial charge in [0.15, 0.2) is 0 Å². The fourth-order valence-electron chi connectivity index (χ4n) is 0.302. The van der Waals surface area contributed by atoms with Crippen molar-refractivity contribution < 1.29 is 4.79 Å². The monoisotopic (exact) mass is 106 g/mol. The van der Waals surface area contributed by atoms with Crippen molar-refractivity contribution >= 4 is 53.5 Å². The molecule has 0 aromatic heterocycles. The second kappa shape index (κ2) is 8.03. The second-order valence-electron chi connectivity index (χ2n) is 1.29. The van der Waals surface area contributed by atoms with E-state index in [2.05, 4.69) is 7.37 Å². The maximum atomic E-state index is 9.56.